The highest BCUT2D eigenvalue weighted by molar-refractivity contribution is 7.61. The minimum atomic E-state index is -3.98. The normalized spacial score (nSPS) is 14.2. The van der Waals surface area contributed by atoms with Gasteiger partial charge in [-0.05, 0) is 19.1 Å². The van der Waals surface area contributed by atoms with E-state index in [-0.39, 0.29) is 27.5 Å². The molecule has 1 N–H and O–H groups in total. The first-order valence-electron chi connectivity index (χ1n) is 4.30. The molecule has 0 aliphatic heterocycles. The summed E-state index contributed by atoms with van der Waals surface area (Å²) >= 11 is 11.5. The Hall–Kier alpha value is -0.560. The lowest BCUT2D eigenvalue weighted by Crippen LogP contribution is -2.10. The van der Waals surface area contributed by atoms with Gasteiger partial charge in [0.05, 0.1) is 27.5 Å². The Morgan fingerprint density at radius 2 is 2.19 bits per heavy atom. The van der Waals surface area contributed by atoms with Crippen molar-refractivity contribution in [3.8, 4) is 6.07 Å². The summed E-state index contributed by atoms with van der Waals surface area (Å²) in [7, 11) is -3.98. The van der Waals surface area contributed by atoms with Crippen LogP contribution in [0.15, 0.2) is 12.1 Å². The predicted octanol–water partition coefficient (Wildman–Crippen LogP) is 2.71. The van der Waals surface area contributed by atoms with Crippen molar-refractivity contribution < 1.29 is 14.0 Å². The Balaban J connectivity index is 3.38. The number of rotatable bonds is 3. The second kappa shape index (κ2) is 5.18. The van der Waals surface area contributed by atoms with Crippen LogP contribution >= 0.6 is 30.8 Å². The molecule has 1 aromatic carbocycles. The van der Waals surface area contributed by atoms with E-state index >= 15 is 0 Å². The molecule has 1 atom stereocenters. The summed E-state index contributed by atoms with van der Waals surface area (Å²) in [6, 6.07) is 4.38. The third-order valence-electron chi connectivity index (χ3n) is 1.79. The van der Waals surface area contributed by atoms with Gasteiger partial charge in [-0.1, -0.05) is 23.2 Å². The van der Waals surface area contributed by atoms with Crippen molar-refractivity contribution in [2.24, 2.45) is 0 Å². The maximum Gasteiger partial charge on any atom is 0.360 e. The summed E-state index contributed by atoms with van der Waals surface area (Å²) in [6.45, 7) is 1.65. The molecule has 0 fully saturated rings. The van der Waals surface area contributed by atoms with E-state index in [2.05, 4.69) is 0 Å². The van der Waals surface area contributed by atoms with Crippen LogP contribution in [0, 0.1) is 11.3 Å². The van der Waals surface area contributed by atoms with Gasteiger partial charge in [0.15, 0.2) is 0 Å². The minimum Gasteiger partial charge on any atom is -0.321 e. The van der Waals surface area contributed by atoms with E-state index in [9.17, 15) is 9.46 Å². The molecule has 0 saturated heterocycles. The van der Waals surface area contributed by atoms with Gasteiger partial charge >= 0.3 is 7.60 Å². The molecule has 0 bridgehead atoms. The zero-order valence-corrected chi connectivity index (χ0v) is 10.7. The van der Waals surface area contributed by atoms with Crippen LogP contribution < -0.4 is 5.30 Å². The molecule has 0 amide bonds. The summed E-state index contributed by atoms with van der Waals surface area (Å²) < 4.78 is 16.4. The van der Waals surface area contributed by atoms with Crippen LogP contribution in [-0.4, -0.2) is 11.5 Å². The molecule has 4 nitrogen and oxygen atoms in total. The van der Waals surface area contributed by atoms with Gasteiger partial charge in [-0.15, -0.1) is 0 Å². The summed E-state index contributed by atoms with van der Waals surface area (Å²) in [4.78, 5) is 9.57. The molecule has 0 aliphatic rings. The fraction of sp³-hybridized carbons (Fsp3) is 0.222. The smallest absolute Gasteiger partial charge is 0.321 e. The van der Waals surface area contributed by atoms with E-state index in [1.54, 1.807) is 13.0 Å². The SMILES string of the molecule is CCOP(=O)(O)c1ccc(Cl)c(C#N)c1Cl. The van der Waals surface area contributed by atoms with Crippen LogP contribution in [0.25, 0.3) is 0 Å². The number of benzene rings is 1. The highest BCUT2D eigenvalue weighted by Crippen LogP contribution is 2.44. The van der Waals surface area contributed by atoms with Crippen molar-refractivity contribution in [3.05, 3.63) is 27.7 Å². The van der Waals surface area contributed by atoms with Gasteiger partial charge in [-0.3, -0.25) is 4.57 Å². The van der Waals surface area contributed by atoms with Crippen molar-refractivity contribution in [1.82, 2.24) is 0 Å². The van der Waals surface area contributed by atoms with Crippen LogP contribution in [0.1, 0.15) is 12.5 Å². The maximum absolute atomic E-state index is 11.7. The Labute approximate surface area is 103 Å². The van der Waals surface area contributed by atoms with Gasteiger partial charge in [-0.25, -0.2) is 0 Å². The fourth-order valence-corrected chi connectivity index (χ4v) is 2.99. The first-order valence-corrected chi connectivity index (χ1v) is 6.63. The summed E-state index contributed by atoms with van der Waals surface area (Å²) in [6.07, 6.45) is 0. The van der Waals surface area contributed by atoms with Crippen molar-refractivity contribution in [1.29, 1.82) is 5.26 Å². The van der Waals surface area contributed by atoms with Crippen LogP contribution in [0.2, 0.25) is 10.0 Å². The van der Waals surface area contributed by atoms with E-state index in [0.717, 1.165) is 0 Å². The lowest BCUT2D eigenvalue weighted by Gasteiger charge is -2.13. The number of hydrogen-bond acceptors (Lipinski definition) is 3. The van der Waals surface area contributed by atoms with Crippen LogP contribution in [0.3, 0.4) is 0 Å². The number of hydrogen-bond donors (Lipinski definition) is 1. The molecule has 1 rings (SSSR count). The summed E-state index contributed by atoms with van der Waals surface area (Å²) in [5, 5.41) is 8.66. The highest BCUT2D eigenvalue weighted by Gasteiger charge is 2.27. The standard InChI is InChI=1S/C9H8Cl2NO3P/c1-2-15-16(13,14)8-4-3-7(10)6(5-12)9(8)11/h3-4H,2H2,1H3,(H,13,14). The molecule has 0 aliphatic carbocycles. The van der Waals surface area contributed by atoms with Gasteiger partial charge in [0, 0.05) is 0 Å². The zero-order valence-electron chi connectivity index (χ0n) is 8.28. The summed E-state index contributed by atoms with van der Waals surface area (Å²) in [5.41, 5.74) is -0.0326. The average Bonchev–Trinajstić information content (AvgIpc) is 2.17. The van der Waals surface area contributed by atoms with Crippen molar-refractivity contribution in [2.75, 3.05) is 6.61 Å². The van der Waals surface area contributed by atoms with Gasteiger partial charge in [0.1, 0.15) is 6.07 Å². The molecule has 0 heterocycles. The molecule has 0 saturated carbocycles. The Morgan fingerprint density at radius 1 is 1.56 bits per heavy atom. The number of nitriles is 1. The molecular formula is C9H8Cl2NO3P. The molecule has 16 heavy (non-hydrogen) atoms. The second-order valence-corrected chi connectivity index (χ2v) is 5.37. The van der Waals surface area contributed by atoms with Crippen LogP contribution in [0.5, 0.6) is 0 Å². The summed E-state index contributed by atoms with van der Waals surface area (Å²) in [5.74, 6) is 0. The van der Waals surface area contributed by atoms with E-state index in [1.807, 2.05) is 0 Å². The van der Waals surface area contributed by atoms with Gasteiger partial charge in [-0.2, -0.15) is 5.26 Å². The molecule has 0 radical (unpaired) electrons. The van der Waals surface area contributed by atoms with Gasteiger partial charge in [0.25, 0.3) is 0 Å². The maximum atomic E-state index is 11.7. The van der Waals surface area contributed by atoms with Crippen LogP contribution in [-0.2, 0) is 9.09 Å². The quantitative estimate of drug-likeness (QED) is 0.864. The van der Waals surface area contributed by atoms with Crippen molar-refractivity contribution >= 4 is 36.1 Å². The van der Waals surface area contributed by atoms with Crippen molar-refractivity contribution in [2.45, 2.75) is 6.92 Å². The lowest BCUT2D eigenvalue weighted by molar-refractivity contribution is 0.284. The Bertz CT molecular complexity index is 498. The van der Waals surface area contributed by atoms with E-state index in [4.69, 9.17) is 33.0 Å². The molecule has 86 valence electrons. The average molecular weight is 280 g/mol. The monoisotopic (exact) mass is 279 g/mol. The second-order valence-electron chi connectivity index (χ2n) is 2.81. The highest BCUT2D eigenvalue weighted by atomic mass is 35.5. The third kappa shape index (κ3) is 2.57. The largest absolute Gasteiger partial charge is 0.360 e. The molecule has 0 aromatic heterocycles. The molecule has 1 aromatic rings. The fourth-order valence-electron chi connectivity index (χ4n) is 1.11. The van der Waals surface area contributed by atoms with E-state index in [1.165, 1.54) is 12.1 Å². The third-order valence-corrected chi connectivity index (χ3v) is 4.22. The zero-order chi connectivity index (χ0) is 12.3. The number of halogens is 2. The van der Waals surface area contributed by atoms with Gasteiger partial charge < -0.3 is 9.42 Å². The van der Waals surface area contributed by atoms with Crippen LogP contribution in [0.4, 0.5) is 0 Å². The topological polar surface area (TPSA) is 70.3 Å². The first kappa shape index (κ1) is 13.5. The molecule has 1 unspecified atom stereocenters. The molecular weight excluding hydrogens is 272 g/mol. The van der Waals surface area contributed by atoms with Gasteiger partial charge in [0.2, 0.25) is 0 Å². The predicted molar refractivity (Wildman–Crippen MR) is 62.3 cm³/mol. The Morgan fingerprint density at radius 3 is 2.69 bits per heavy atom. The molecule has 7 heteroatoms. The van der Waals surface area contributed by atoms with E-state index < -0.39 is 7.60 Å². The first-order chi connectivity index (χ1) is 7.44. The van der Waals surface area contributed by atoms with Crippen molar-refractivity contribution in [3.63, 3.8) is 0 Å². The minimum absolute atomic E-state index is 0.0326. The number of nitrogens with zero attached hydrogens (tertiary/aromatic N) is 1. The lowest BCUT2D eigenvalue weighted by atomic mass is 10.2. The molecule has 0 spiro atoms. The Kier molecular flexibility index (Phi) is 4.37. The van der Waals surface area contributed by atoms with E-state index in [0.29, 0.717) is 0 Å².